The molecule has 0 saturated carbocycles. The highest BCUT2D eigenvalue weighted by Crippen LogP contribution is 2.29. The zero-order valence-corrected chi connectivity index (χ0v) is 10.5. The van der Waals surface area contributed by atoms with Crippen LogP contribution >= 0.6 is 0 Å². The predicted molar refractivity (Wildman–Crippen MR) is 68.8 cm³/mol. The van der Waals surface area contributed by atoms with E-state index in [9.17, 15) is 9.59 Å². The summed E-state index contributed by atoms with van der Waals surface area (Å²) in [6, 6.07) is 5.49. The van der Waals surface area contributed by atoms with Crippen molar-refractivity contribution < 1.29 is 14.3 Å². The first-order valence-electron chi connectivity index (χ1n) is 5.95. The summed E-state index contributed by atoms with van der Waals surface area (Å²) in [5, 5.41) is 2.65. The van der Waals surface area contributed by atoms with E-state index in [1.165, 1.54) is 0 Å². The number of fused-ring (bicyclic) bond motifs is 1. The molecular formula is C13H16N2O3. The fraction of sp³-hybridized carbons (Fsp3) is 0.385. The normalized spacial score (nSPS) is 14.1. The topological polar surface area (TPSA) is 58.6 Å². The number of ether oxygens (including phenoxy) is 1. The molecule has 5 heteroatoms. The molecule has 5 nitrogen and oxygen atoms in total. The minimum absolute atomic E-state index is 0.119. The van der Waals surface area contributed by atoms with Crippen LogP contribution in [-0.4, -0.2) is 25.7 Å². The van der Waals surface area contributed by atoms with Crippen molar-refractivity contribution in [2.45, 2.75) is 19.8 Å². The molecule has 18 heavy (non-hydrogen) atoms. The quantitative estimate of drug-likeness (QED) is 0.872. The number of nitrogens with one attached hydrogen (secondary N) is 1. The number of amides is 2. The Bertz CT molecular complexity index is 485. The molecule has 1 aliphatic heterocycles. The Balaban J connectivity index is 2.18. The van der Waals surface area contributed by atoms with Crippen molar-refractivity contribution in [3.8, 4) is 0 Å². The fourth-order valence-corrected chi connectivity index (χ4v) is 2.02. The van der Waals surface area contributed by atoms with Gasteiger partial charge in [-0.05, 0) is 37.1 Å². The van der Waals surface area contributed by atoms with E-state index in [-0.39, 0.29) is 5.91 Å². The minimum Gasteiger partial charge on any atom is -0.450 e. The zero-order valence-electron chi connectivity index (χ0n) is 10.5. The number of benzene rings is 1. The maximum absolute atomic E-state index is 11.5. The van der Waals surface area contributed by atoms with Crippen LogP contribution in [0.3, 0.4) is 0 Å². The number of carbonyl (C=O) groups is 2. The van der Waals surface area contributed by atoms with Crippen molar-refractivity contribution in [1.29, 1.82) is 0 Å². The first-order chi connectivity index (χ1) is 8.61. The lowest BCUT2D eigenvalue weighted by atomic mass is 10.0. The average Bonchev–Trinajstić information content (AvgIpc) is 2.34. The van der Waals surface area contributed by atoms with Gasteiger partial charge in [0.15, 0.2) is 0 Å². The second-order valence-corrected chi connectivity index (χ2v) is 4.14. The lowest BCUT2D eigenvalue weighted by molar-refractivity contribution is -0.118. The van der Waals surface area contributed by atoms with E-state index >= 15 is 0 Å². The summed E-state index contributed by atoms with van der Waals surface area (Å²) < 4.78 is 4.81. The Morgan fingerprint density at radius 2 is 2.22 bits per heavy atom. The summed E-state index contributed by atoms with van der Waals surface area (Å²) in [7, 11) is 1.76. The van der Waals surface area contributed by atoms with Crippen LogP contribution in [0, 0.1) is 0 Å². The molecule has 0 atom stereocenters. The van der Waals surface area contributed by atoms with Gasteiger partial charge in [0, 0.05) is 24.8 Å². The van der Waals surface area contributed by atoms with Gasteiger partial charge >= 0.3 is 6.09 Å². The molecule has 0 unspecified atom stereocenters. The molecule has 1 aromatic carbocycles. The molecule has 2 rings (SSSR count). The molecule has 1 heterocycles. The van der Waals surface area contributed by atoms with Crippen LogP contribution in [0.1, 0.15) is 18.9 Å². The molecule has 0 aromatic heterocycles. The number of hydrogen-bond donors (Lipinski definition) is 1. The Kier molecular flexibility index (Phi) is 3.50. The minimum atomic E-state index is -0.460. The molecule has 0 saturated heterocycles. The second kappa shape index (κ2) is 5.08. The first kappa shape index (κ1) is 12.4. The molecule has 0 bridgehead atoms. The van der Waals surface area contributed by atoms with Gasteiger partial charge in [-0.25, -0.2) is 4.79 Å². The number of aryl methyl sites for hydroxylation is 1. The number of rotatable bonds is 2. The lowest BCUT2D eigenvalue weighted by Crippen LogP contribution is -2.31. The van der Waals surface area contributed by atoms with Crippen molar-refractivity contribution >= 4 is 23.4 Å². The smallest absolute Gasteiger partial charge is 0.411 e. The van der Waals surface area contributed by atoms with Gasteiger partial charge in [-0.15, -0.1) is 0 Å². The SMILES string of the molecule is CCOC(=O)Nc1ccc2c(c1)CCC(=O)N2C. The van der Waals surface area contributed by atoms with Crippen molar-refractivity contribution in [2.75, 3.05) is 23.9 Å². The summed E-state index contributed by atoms with van der Waals surface area (Å²) in [5.41, 5.74) is 2.65. The third-order valence-electron chi connectivity index (χ3n) is 2.94. The van der Waals surface area contributed by atoms with E-state index in [0.717, 1.165) is 11.3 Å². The van der Waals surface area contributed by atoms with Crippen LogP contribution in [0.2, 0.25) is 0 Å². The van der Waals surface area contributed by atoms with Gasteiger partial charge in [0.2, 0.25) is 5.91 Å². The van der Waals surface area contributed by atoms with Gasteiger partial charge in [-0.2, -0.15) is 0 Å². The van der Waals surface area contributed by atoms with E-state index in [0.29, 0.717) is 25.1 Å². The summed E-state index contributed by atoms with van der Waals surface area (Å²) in [6.45, 7) is 2.10. The largest absolute Gasteiger partial charge is 0.450 e. The first-order valence-corrected chi connectivity index (χ1v) is 5.95. The molecule has 2 amide bonds. The second-order valence-electron chi connectivity index (χ2n) is 4.14. The highest BCUT2D eigenvalue weighted by atomic mass is 16.5. The van der Waals surface area contributed by atoms with Crippen LogP contribution in [0.4, 0.5) is 16.2 Å². The molecule has 1 aromatic rings. The van der Waals surface area contributed by atoms with E-state index < -0.39 is 6.09 Å². The summed E-state index contributed by atoms with van der Waals surface area (Å²) in [6.07, 6.45) is 0.751. The molecular weight excluding hydrogens is 232 g/mol. The monoisotopic (exact) mass is 248 g/mol. The summed E-state index contributed by atoms with van der Waals surface area (Å²) >= 11 is 0. The van der Waals surface area contributed by atoms with E-state index in [1.807, 2.05) is 12.1 Å². The number of carbonyl (C=O) groups excluding carboxylic acids is 2. The van der Waals surface area contributed by atoms with Gasteiger partial charge < -0.3 is 9.64 Å². The van der Waals surface area contributed by atoms with Gasteiger partial charge in [-0.1, -0.05) is 0 Å². The van der Waals surface area contributed by atoms with Crippen LogP contribution in [0.25, 0.3) is 0 Å². The summed E-state index contributed by atoms with van der Waals surface area (Å²) in [5.74, 6) is 0.119. The molecule has 0 spiro atoms. The number of anilines is 2. The average molecular weight is 248 g/mol. The van der Waals surface area contributed by atoms with Crippen LogP contribution in [0.5, 0.6) is 0 Å². The highest BCUT2D eigenvalue weighted by Gasteiger charge is 2.20. The lowest BCUT2D eigenvalue weighted by Gasteiger charge is -2.26. The van der Waals surface area contributed by atoms with Crippen molar-refractivity contribution in [3.63, 3.8) is 0 Å². The van der Waals surface area contributed by atoms with Crippen LogP contribution in [0.15, 0.2) is 18.2 Å². The number of hydrogen-bond acceptors (Lipinski definition) is 3. The third kappa shape index (κ3) is 2.45. The standard InChI is InChI=1S/C13H16N2O3/c1-3-18-13(17)14-10-5-6-11-9(8-10)4-7-12(16)15(11)2/h5-6,8H,3-4,7H2,1-2H3,(H,14,17). The van der Waals surface area contributed by atoms with Gasteiger partial charge in [0.25, 0.3) is 0 Å². The highest BCUT2D eigenvalue weighted by molar-refractivity contribution is 5.96. The third-order valence-corrected chi connectivity index (χ3v) is 2.94. The Hall–Kier alpha value is -2.04. The molecule has 0 aliphatic carbocycles. The van der Waals surface area contributed by atoms with Gasteiger partial charge in [0.05, 0.1) is 6.61 Å². The van der Waals surface area contributed by atoms with E-state index in [2.05, 4.69) is 5.32 Å². The molecule has 96 valence electrons. The number of nitrogens with zero attached hydrogens (tertiary/aromatic N) is 1. The van der Waals surface area contributed by atoms with Crippen molar-refractivity contribution in [1.82, 2.24) is 0 Å². The Morgan fingerprint density at radius 3 is 2.94 bits per heavy atom. The van der Waals surface area contributed by atoms with Crippen molar-refractivity contribution in [3.05, 3.63) is 23.8 Å². The van der Waals surface area contributed by atoms with E-state index in [1.54, 1.807) is 24.9 Å². The Labute approximate surface area is 106 Å². The molecule has 1 N–H and O–H groups in total. The molecule has 0 fully saturated rings. The predicted octanol–water partition coefficient (Wildman–Crippen LogP) is 2.16. The van der Waals surface area contributed by atoms with Crippen LogP contribution < -0.4 is 10.2 Å². The van der Waals surface area contributed by atoms with E-state index in [4.69, 9.17) is 4.74 Å². The fourth-order valence-electron chi connectivity index (χ4n) is 2.02. The Morgan fingerprint density at radius 1 is 1.44 bits per heavy atom. The summed E-state index contributed by atoms with van der Waals surface area (Å²) in [4.78, 5) is 24.5. The maximum atomic E-state index is 11.5. The maximum Gasteiger partial charge on any atom is 0.411 e. The zero-order chi connectivity index (χ0) is 13.1. The van der Waals surface area contributed by atoms with Gasteiger partial charge in [0.1, 0.15) is 0 Å². The molecule has 1 aliphatic rings. The van der Waals surface area contributed by atoms with Crippen LogP contribution in [-0.2, 0) is 16.0 Å². The van der Waals surface area contributed by atoms with Gasteiger partial charge in [-0.3, -0.25) is 10.1 Å². The molecule has 0 radical (unpaired) electrons. The van der Waals surface area contributed by atoms with Crippen molar-refractivity contribution in [2.24, 2.45) is 0 Å².